The molecule has 2 rings (SSSR count). The standard InChI is InChI=1S/C15H14BrNO3S/c1-9-8-21-14(15(19)20-2)13(9)17-12(18)7-10-3-5-11(16)6-4-10/h3-6,8H,7H2,1-2H3,(H,17,18). The Hall–Kier alpha value is -1.66. The first kappa shape index (κ1) is 15.7. The Labute approximate surface area is 135 Å². The van der Waals surface area contributed by atoms with E-state index >= 15 is 0 Å². The van der Waals surface area contributed by atoms with Crippen molar-refractivity contribution in [1.29, 1.82) is 0 Å². The van der Waals surface area contributed by atoms with E-state index in [-0.39, 0.29) is 12.3 Å². The van der Waals surface area contributed by atoms with E-state index in [1.807, 2.05) is 36.6 Å². The Kier molecular flexibility index (Phi) is 5.14. The minimum atomic E-state index is -0.438. The number of carbonyl (C=O) groups is 2. The molecule has 2 aromatic rings. The molecule has 110 valence electrons. The summed E-state index contributed by atoms with van der Waals surface area (Å²) < 4.78 is 5.68. The third-order valence-corrected chi connectivity index (χ3v) is 4.49. The monoisotopic (exact) mass is 367 g/mol. The Morgan fingerprint density at radius 1 is 1.29 bits per heavy atom. The Bertz CT molecular complexity index is 664. The lowest BCUT2D eigenvalue weighted by Crippen LogP contribution is -2.16. The highest BCUT2D eigenvalue weighted by Gasteiger charge is 2.18. The summed E-state index contributed by atoms with van der Waals surface area (Å²) in [4.78, 5) is 24.2. The lowest BCUT2D eigenvalue weighted by molar-refractivity contribution is -0.115. The maximum Gasteiger partial charge on any atom is 0.350 e. The number of esters is 1. The van der Waals surface area contributed by atoms with E-state index in [0.29, 0.717) is 10.6 Å². The van der Waals surface area contributed by atoms with Gasteiger partial charge in [-0.2, -0.15) is 0 Å². The minimum absolute atomic E-state index is 0.163. The van der Waals surface area contributed by atoms with Crippen LogP contribution in [-0.2, 0) is 16.0 Å². The van der Waals surface area contributed by atoms with Crippen molar-refractivity contribution in [1.82, 2.24) is 0 Å². The molecule has 0 aliphatic carbocycles. The number of carbonyl (C=O) groups excluding carboxylic acids is 2. The average Bonchev–Trinajstić information content (AvgIpc) is 2.82. The van der Waals surface area contributed by atoms with E-state index in [9.17, 15) is 9.59 Å². The zero-order chi connectivity index (χ0) is 15.4. The van der Waals surface area contributed by atoms with Gasteiger partial charge in [-0.25, -0.2) is 4.79 Å². The van der Waals surface area contributed by atoms with Gasteiger partial charge in [-0.05, 0) is 35.6 Å². The number of amides is 1. The second-order valence-electron chi connectivity index (χ2n) is 4.47. The molecule has 6 heteroatoms. The molecular formula is C15H14BrNO3S. The van der Waals surface area contributed by atoms with E-state index in [0.717, 1.165) is 15.6 Å². The molecule has 1 amide bonds. The van der Waals surface area contributed by atoms with Crippen molar-refractivity contribution in [2.45, 2.75) is 13.3 Å². The van der Waals surface area contributed by atoms with Crippen LogP contribution in [0.1, 0.15) is 20.8 Å². The molecule has 21 heavy (non-hydrogen) atoms. The third kappa shape index (κ3) is 3.92. The molecule has 0 unspecified atom stereocenters. The summed E-state index contributed by atoms with van der Waals surface area (Å²) in [5.41, 5.74) is 2.29. The van der Waals surface area contributed by atoms with Crippen molar-refractivity contribution in [2.24, 2.45) is 0 Å². The topological polar surface area (TPSA) is 55.4 Å². The van der Waals surface area contributed by atoms with E-state index in [1.165, 1.54) is 18.4 Å². The van der Waals surface area contributed by atoms with Crippen molar-refractivity contribution < 1.29 is 14.3 Å². The predicted octanol–water partition coefficient (Wildman–Crippen LogP) is 3.79. The lowest BCUT2D eigenvalue weighted by Gasteiger charge is -2.07. The van der Waals surface area contributed by atoms with Crippen LogP contribution in [0.5, 0.6) is 0 Å². The fourth-order valence-electron chi connectivity index (χ4n) is 1.81. The first-order chi connectivity index (χ1) is 10.0. The number of anilines is 1. The number of rotatable bonds is 4. The second-order valence-corrected chi connectivity index (χ2v) is 6.26. The summed E-state index contributed by atoms with van der Waals surface area (Å²) in [6.07, 6.45) is 0.253. The fraction of sp³-hybridized carbons (Fsp3) is 0.200. The third-order valence-electron chi connectivity index (χ3n) is 2.89. The van der Waals surface area contributed by atoms with Gasteiger partial charge in [0.1, 0.15) is 4.88 Å². The molecule has 0 aliphatic rings. The summed E-state index contributed by atoms with van der Waals surface area (Å²) >= 11 is 4.62. The lowest BCUT2D eigenvalue weighted by atomic mass is 10.1. The van der Waals surface area contributed by atoms with Crippen molar-refractivity contribution in [3.8, 4) is 0 Å². The van der Waals surface area contributed by atoms with Gasteiger partial charge in [-0.1, -0.05) is 28.1 Å². The van der Waals surface area contributed by atoms with Gasteiger partial charge in [-0.15, -0.1) is 11.3 Å². The maximum absolute atomic E-state index is 12.1. The van der Waals surface area contributed by atoms with Gasteiger partial charge < -0.3 is 10.1 Å². The van der Waals surface area contributed by atoms with E-state index in [2.05, 4.69) is 21.2 Å². The van der Waals surface area contributed by atoms with Crippen LogP contribution in [0.15, 0.2) is 34.1 Å². The largest absolute Gasteiger partial charge is 0.465 e. The maximum atomic E-state index is 12.1. The number of benzene rings is 1. The number of hydrogen-bond donors (Lipinski definition) is 1. The number of methoxy groups -OCH3 is 1. The number of nitrogens with one attached hydrogen (secondary N) is 1. The molecule has 1 heterocycles. The van der Waals surface area contributed by atoms with Gasteiger partial charge in [0, 0.05) is 4.47 Å². The van der Waals surface area contributed by atoms with Crippen LogP contribution in [0, 0.1) is 6.92 Å². The first-order valence-electron chi connectivity index (χ1n) is 6.22. The van der Waals surface area contributed by atoms with E-state index in [4.69, 9.17) is 4.74 Å². The van der Waals surface area contributed by atoms with E-state index < -0.39 is 5.97 Å². The smallest absolute Gasteiger partial charge is 0.350 e. The van der Waals surface area contributed by atoms with Crippen molar-refractivity contribution >= 4 is 44.8 Å². The SMILES string of the molecule is COC(=O)c1scc(C)c1NC(=O)Cc1ccc(Br)cc1. The number of ether oxygens (including phenoxy) is 1. The van der Waals surface area contributed by atoms with Gasteiger partial charge in [0.25, 0.3) is 0 Å². The van der Waals surface area contributed by atoms with E-state index in [1.54, 1.807) is 0 Å². The van der Waals surface area contributed by atoms with Gasteiger partial charge >= 0.3 is 5.97 Å². The van der Waals surface area contributed by atoms with Gasteiger partial charge in [0.2, 0.25) is 5.91 Å². The first-order valence-corrected chi connectivity index (χ1v) is 7.89. The summed E-state index contributed by atoms with van der Waals surface area (Å²) in [6, 6.07) is 7.54. The molecule has 0 atom stereocenters. The van der Waals surface area contributed by atoms with Crippen LogP contribution in [-0.4, -0.2) is 19.0 Å². The molecule has 0 aliphatic heterocycles. The molecule has 0 radical (unpaired) electrons. The molecule has 0 fully saturated rings. The van der Waals surface area contributed by atoms with Crippen LogP contribution in [0.25, 0.3) is 0 Å². The zero-order valence-corrected chi connectivity index (χ0v) is 14.0. The van der Waals surface area contributed by atoms with Crippen molar-refractivity contribution in [3.63, 3.8) is 0 Å². The second kappa shape index (κ2) is 6.87. The van der Waals surface area contributed by atoms with Crippen LogP contribution in [0.4, 0.5) is 5.69 Å². The molecule has 1 N–H and O–H groups in total. The Morgan fingerprint density at radius 2 is 1.95 bits per heavy atom. The van der Waals surface area contributed by atoms with Crippen LogP contribution >= 0.6 is 27.3 Å². The molecule has 0 spiro atoms. The normalized spacial score (nSPS) is 10.2. The fourth-order valence-corrected chi connectivity index (χ4v) is 3.00. The summed E-state index contributed by atoms with van der Waals surface area (Å²) in [7, 11) is 1.32. The number of thiophene rings is 1. The highest BCUT2D eigenvalue weighted by atomic mass is 79.9. The molecule has 1 aromatic carbocycles. The highest BCUT2D eigenvalue weighted by Crippen LogP contribution is 2.28. The summed E-state index contributed by atoms with van der Waals surface area (Å²) in [5, 5.41) is 4.62. The molecular weight excluding hydrogens is 354 g/mol. The molecule has 4 nitrogen and oxygen atoms in total. The minimum Gasteiger partial charge on any atom is -0.465 e. The van der Waals surface area contributed by atoms with Gasteiger partial charge in [-0.3, -0.25) is 4.79 Å². The summed E-state index contributed by atoms with van der Waals surface area (Å²) in [5.74, 6) is -0.601. The van der Waals surface area contributed by atoms with Gasteiger partial charge in [0.05, 0.1) is 19.2 Å². The van der Waals surface area contributed by atoms with Gasteiger partial charge in [0.15, 0.2) is 0 Å². The zero-order valence-electron chi connectivity index (χ0n) is 11.6. The molecule has 0 saturated heterocycles. The predicted molar refractivity (Wildman–Crippen MR) is 86.9 cm³/mol. The van der Waals surface area contributed by atoms with Crippen LogP contribution in [0.2, 0.25) is 0 Å². The van der Waals surface area contributed by atoms with Crippen molar-refractivity contribution in [3.05, 3.63) is 50.1 Å². The van der Waals surface area contributed by atoms with Crippen molar-refractivity contribution in [2.75, 3.05) is 12.4 Å². The molecule has 0 saturated carbocycles. The van der Waals surface area contributed by atoms with Crippen LogP contribution in [0.3, 0.4) is 0 Å². The number of halogens is 1. The van der Waals surface area contributed by atoms with Crippen LogP contribution < -0.4 is 5.32 Å². The number of hydrogen-bond acceptors (Lipinski definition) is 4. The quantitative estimate of drug-likeness (QED) is 0.836. The summed E-state index contributed by atoms with van der Waals surface area (Å²) in [6.45, 7) is 1.85. The Balaban J connectivity index is 2.11. The Morgan fingerprint density at radius 3 is 2.57 bits per heavy atom. The number of aryl methyl sites for hydroxylation is 1. The molecule has 0 bridgehead atoms. The molecule has 1 aromatic heterocycles. The average molecular weight is 368 g/mol. The highest BCUT2D eigenvalue weighted by molar-refractivity contribution is 9.10.